The van der Waals surface area contributed by atoms with Gasteiger partial charge in [0.2, 0.25) is 0 Å². The average Bonchev–Trinajstić information content (AvgIpc) is 2.32. The van der Waals surface area contributed by atoms with Gasteiger partial charge >= 0.3 is 0 Å². The van der Waals surface area contributed by atoms with Crippen molar-refractivity contribution in [2.45, 2.75) is 19.3 Å². The Morgan fingerprint density at radius 1 is 1.22 bits per heavy atom. The number of hydrogen-bond acceptors (Lipinski definition) is 3. The zero-order valence-electron chi connectivity index (χ0n) is 9.41. The summed E-state index contributed by atoms with van der Waals surface area (Å²) >= 11 is 5.80. The molecule has 0 N–H and O–H groups in total. The second-order valence-corrected chi connectivity index (χ2v) is 4.61. The number of rotatable bonds is 2. The maximum absolute atomic E-state index is 13.1. The van der Waals surface area contributed by atoms with E-state index in [0.717, 1.165) is 12.1 Å². The van der Waals surface area contributed by atoms with Crippen molar-refractivity contribution in [3.8, 4) is 0 Å². The molecule has 0 atom stereocenters. The first-order valence-corrected chi connectivity index (χ1v) is 5.93. The van der Waals surface area contributed by atoms with Crippen LogP contribution in [0.3, 0.4) is 0 Å². The molecule has 1 fully saturated rings. The summed E-state index contributed by atoms with van der Waals surface area (Å²) in [6, 6.07) is 3.31. The lowest BCUT2D eigenvalue weighted by Gasteiger charge is -2.18. The topological polar surface area (TPSA) is 51.2 Å². The average molecular weight is 269 g/mol. The molecule has 0 amide bonds. The van der Waals surface area contributed by atoms with Crippen LogP contribution in [0.15, 0.2) is 18.2 Å². The molecular formula is C13H10ClFO3. The predicted octanol–water partition coefficient (Wildman–Crippen LogP) is 2.60. The minimum atomic E-state index is -1.31. The molecule has 0 bridgehead atoms. The minimum Gasteiger partial charge on any atom is -0.298 e. The van der Waals surface area contributed by atoms with Crippen LogP contribution in [0.1, 0.15) is 29.6 Å². The maximum Gasteiger partial charge on any atom is 0.182 e. The minimum absolute atomic E-state index is 0.0487. The number of Topliss-reactive ketones (excluding diaryl/α,β-unsaturated/α-hetero) is 3. The number of ketones is 3. The zero-order chi connectivity index (χ0) is 13.3. The third-order valence-electron chi connectivity index (χ3n) is 2.95. The number of halogens is 2. The van der Waals surface area contributed by atoms with Crippen LogP contribution in [0, 0.1) is 11.7 Å². The first-order chi connectivity index (χ1) is 8.50. The largest absolute Gasteiger partial charge is 0.298 e. The van der Waals surface area contributed by atoms with Gasteiger partial charge in [-0.25, -0.2) is 4.39 Å². The fraction of sp³-hybridized carbons (Fsp3) is 0.308. The fourth-order valence-electron chi connectivity index (χ4n) is 2.04. The van der Waals surface area contributed by atoms with Crippen LogP contribution >= 0.6 is 11.6 Å². The molecule has 0 aliphatic heterocycles. The van der Waals surface area contributed by atoms with Crippen LogP contribution in [0.2, 0.25) is 5.02 Å². The Morgan fingerprint density at radius 2 is 1.83 bits per heavy atom. The van der Waals surface area contributed by atoms with Gasteiger partial charge in [0.15, 0.2) is 17.3 Å². The highest BCUT2D eigenvalue weighted by Gasteiger charge is 2.37. The fourth-order valence-corrected chi connectivity index (χ4v) is 2.25. The Hall–Kier alpha value is -1.55. The van der Waals surface area contributed by atoms with E-state index >= 15 is 0 Å². The summed E-state index contributed by atoms with van der Waals surface area (Å²) in [7, 11) is 0. The van der Waals surface area contributed by atoms with E-state index < -0.39 is 29.1 Å². The highest BCUT2D eigenvalue weighted by Crippen LogP contribution is 2.25. The van der Waals surface area contributed by atoms with Gasteiger partial charge in [-0.2, -0.15) is 0 Å². The third-order valence-corrected chi connectivity index (χ3v) is 3.28. The first-order valence-electron chi connectivity index (χ1n) is 5.55. The van der Waals surface area contributed by atoms with Crippen molar-refractivity contribution in [2.24, 2.45) is 5.92 Å². The molecule has 5 heteroatoms. The molecule has 94 valence electrons. The Balaban J connectivity index is 2.38. The maximum atomic E-state index is 13.1. The van der Waals surface area contributed by atoms with E-state index in [1.165, 1.54) is 6.07 Å². The van der Waals surface area contributed by atoms with E-state index in [1.54, 1.807) is 0 Å². The van der Waals surface area contributed by atoms with Gasteiger partial charge in [-0.05, 0) is 24.6 Å². The van der Waals surface area contributed by atoms with Gasteiger partial charge in [-0.15, -0.1) is 0 Å². The molecule has 0 saturated heterocycles. The van der Waals surface area contributed by atoms with Crippen molar-refractivity contribution in [2.75, 3.05) is 0 Å². The second-order valence-electron chi connectivity index (χ2n) is 4.21. The number of benzene rings is 1. The molecule has 1 saturated carbocycles. The van der Waals surface area contributed by atoms with E-state index in [1.807, 2.05) is 0 Å². The first kappa shape index (κ1) is 12.9. The van der Waals surface area contributed by atoms with Crippen molar-refractivity contribution >= 4 is 29.0 Å². The number of carbonyl (C=O) groups excluding carboxylic acids is 3. The van der Waals surface area contributed by atoms with E-state index in [-0.39, 0.29) is 23.4 Å². The molecule has 3 nitrogen and oxygen atoms in total. The number of hydrogen-bond donors (Lipinski definition) is 0. The van der Waals surface area contributed by atoms with Gasteiger partial charge in [0.1, 0.15) is 11.7 Å². The Morgan fingerprint density at radius 3 is 2.44 bits per heavy atom. The van der Waals surface area contributed by atoms with Crippen LogP contribution in [0.5, 0.6) is 0 Å². The molecule has 0 heterocycles. The molecule has 18 heavy (non-hydrogen) atoms. The molecule has 1 aromatic rings. The van der Waals surface area contributed by atoms with Gasteiger partial charge in [-0.1, -0.05) is 11.6 Å². The van der Waals surface area contributed by atoms with Gasteiger partial charge in [0.25, 0.3) is 0 Å². The highest BCUT2D eigenvalue weighted by molar-refractivity contribution is 6.36. The lowest BCUT2D eigenvalue weighted by atomic mass is 9.81. The third kappa shape index (κ3) is 2.34. The van der Waals surface area contributed by atoms with Gasteiger partial charge in [-0.3, -0.25) is 14.4 Å². The van der Waals surface area contributed by atoms with Crippen LogP contribution < -0.4 is 0 Å². The van der Waals surface area contributed by atoms with Crippen molar-refractivity contribution < 1.29 is 18.8 Å². The lowest BCUT2D eigenvalue weighted by Crippen LogP contribution is -2.35. The Labute approximate surface area is 108 Å². The summed E-state index contributed by atoms with van der Waals surface area (Å²) < 4.78 is 13.1. The van der Waals surface area contributed by atoms with Gasteiger partial charge < -0.3 is 0 Å². The summed E-state index contributed by atoms with van der Waals surface area (Å²) in [5.41, 5.74) is -0.106. The molecule has 0 spiro atoms. The summed E-state index contributed by atoms with van der Waals surface area (Å²) in [4.78, 5) is 35.4. The van der Waals surface area contributed by atoms with Crippen LogP contribution in [0.25, 0.3) is 0 Å². The van der Waals surface area contributed by atoms with E-state index in [0.29, 0.717) is 6.42 Å². The van der Waals surface area contributed by atoms with Crippen molar-refractivity contribution in [3.63, 3.8) is 0 Å². The standard InChI is InChI=1S/C13H10ClFO3/c14-9-5-4-7(15)6-8(9)13(18)12-10(16)2-1-3-11(12)17/h4-6,12H,1-3H2. The molecule has 0 radical (unpaired) electrons. The molecule has 0 unspecified atom stereocenters. The number of carbonyl (C=O) groups is 3. The van der Waals surface area contributed by atoms with Crippen LogP contribution in [-0.2, 0) is 9.59 Å². The summed E-state index contributed by atoms with van der Waals surface area (Å²) in [5, 5.41) is 0.0487. The smallest absolute Gasteiger partial charge is 0.182 e. The Kier molecular flexibility index (Phi) is 3.57. The Bertz CT molecular complexity index is 523. The van der Waals surface area contributed by atoms with Gasteiger partial charge in [0, 0.05) is 18.4 Å². The van der Waals surface area contributed by atoms with Crippen LogP contribution in [-0.4, -0.2) is 17.3 Å². The van der Waals surface area contributed by atoms with Crippen molar-refractivity contribution in [1.82, 2.24) is 0 Å². The lowest BCUT2D eigenvalue weighted by molar-refractivity contribution is -0.133. The summed E-state index contributed by atoms with van der Waals surface area (Å²) in [6.07, 6.45) is 0.877. The van der Waals surface area contributed by atoms with Crippen molar-refractivity contribution in [1.29, 1.82) is 0 Å². The van der Waals surface area contributed by atoms with Gasteiger partial charge in [0.05, 0.1) is 5.02 Å². The summed E-state index contributed by atoms with van der Waals surface area (Å²) in [5.74, 6) is -3.45. The predicted molar refractivity (Wildman–Crippen MR) is 63.1 cm³/mol. The van der Waals surface area contributed by atoms with Crippen LogP contribution in [0.4, 0.5) is 4.39 Å². The quantitative estimate of drug-likeness (QED) is 0.612. The van der Waals surface area contributed by atoms with E-state index in [9.17, 15) is 18.8 Å². The molecular weight excluding hydrogens is 259 g/mol. The SMILES string of the molecule is O=C1CCCC(=O)C1C(=O)c1cc(F)ccc1Cl. The van der Waals surface area contributed by atoms with Crippen molar-refractivity contribution in [3.05, 3.63) is 34.6 Å². The summed E-state index contributed by atoms with van der Waals surface area (Å²) in [6.45, 7) is 0. The molecule has 1 aliphatic rings. The molecule has 1 aliphatic carbocycles. The highest BCUT2D eigenvalue weighted by atomic mass is 35.5. The zero-order valence-corrected chi connectivity index (χ0v) is 10.2. The van der Waals surface area contributed by atoms with E-state index in [4.69, 9.17) is 11.6 Å². The molecule has 0 aromatic heterocycles. The van der Waals surface area contributed by atoms with E-state index in [2.05, 4.69) is 0 Å². The monoisotopic (exact) mass is 268 g/mol. The molecule has 2 rings (SSSR count). The normalized spacial score (nSPS) is 17.0. The molecule has 1 aromatic carbocycles. The second kappa shape index (κ2) is 4.98.